The minimum absolute atomic E-state index is 0.0379. The van der Waals surface area contributed by atoms with Crippen LogP contribution in [-0.2, 0) is 13.6 Å². The van der Waals surface area contributed by atoms with Gasteiger partial charge in [-0.2, -0.15) is 0 Å². The Balaban J connectivity index is 1.56. The van der Waals surface area contributed by atoms with Gasteiger partial charge < -0.3 is 9.88 Å². The van der Waals surface area contributed by atoms with Gasteiger partial charge in [-0.05, 0) is 30.9 Å². The number of rotatable bonds is 5. The number of likely N-dealkylation sites (tertiary alicyclic amines) is 1. The van der Waals surface area contributed by atoms with Gasteiger partial charge in [-0.1, -0.05) is 30.3 Å². The first kappa shape index (κ1) is 18.1. The van der Waals surface area contributed by atoms with Crippen LogP contribution in [0.4, 0.5) is 0 Å². The van der Waals surface area contributed by atoms with E-state index in [2.05, 4.69) is 27.3 Å². The van der Waals surface area contributed by atoms with E-state index < -0.39 is 17.2 Å². The Morgan fingerprint density at radius 3 is 2.81 bits per heavy atom. The molecule has 3 rings (SSSR count). The highest BCUT2D eigenvalue weighted by atomic mass is 16.2. The number of aromatic amines is 1. The number of nitrogens with zero attached hydrogens (tertiary/aromatic N) is 2. The van der Waals surface area contributed by atoms with Crippen LogP contribution in [-0.4, -0.2) is 40.0 Å². The number of piperidine rings is 1. The monoisotopic (exact) mass is 356 g/mol. The number of H-pyrrole nitrogens is 1. The summed E-state index contributed by atoms with van der Waals surface area (Å²) in [5.41, 5.74) is 0.0632. The zero-order chi connectivity index (χ0) is 18.5. The molecule has 0 bridgehead atoms. The molecule has 1 aliphatic heterocycles. The molecular weight excluding hydrogens is 332 g/mol. The molecule has 2 heterocycles. The minimum atomic E-state index is -0.653. The number of hydrogen-bond acceptors (Lipinski definition) is 4. The molecule has 7 nitrogen and oxygen atoms in total. The van der Waals surface area contributed by atoms with Gasteiger partial charge in [0.25, 0.3) is 11.5 Å². The summed E-state index contributed by atoms with van der Waals surface area (Å²) in [6.45, 7) is 3.40. The van der Waals surface area contributed by atoms with Crippen molar-refractivity contribution < 1.29 is 4.79 Å². The molecule has 0 spiro atoms. The van der Waals surface area contributed by atoms with E-state index in [1.54, 1.807) is 0 Å². The van der Waals surface area contributed by atoms with E-state index in [1.165, 1.54) is 23.4 Å². The lowest BCUT2D eigenvalue weighted by Gasteiger charge is -2.32. The maximum atomic E-state index is 12.3. The third-order valence-electron chi connectivity index (χ3n) is 4.76. The standard InChI is InChI=1S/C19H24N4O3/c1-22-13-16(18(25)21-19(22)26)17(24)20-10-15-8-5-9-23(12-15)11-14-6-3-2-4-7-14/h2-4,6-7,13,15H,5,8-12H2,1H3,(H,20,24)(H,21,25,26)/t15-/m0/s1. The topological polar surface area (TPSA) is 87.2 Å². The summed E-state index contributed by atoms with van der Waals surface area (Å²) in [5.74, 6) is -0.0925. The van der Waals surface area contributed by atoms with Crippen molar-refractivity contribution in [1.82, 2.24) is 19.8 Å². The second kappa shape index (κ2) is 8.14. The molecule has 138 valence electrons. The number of carbonyl (C=O) groups is 1. The molecule has 1 aromatic heterocycles. The van der Waals surface area contributed by atoms with E-state index >= 15 is 0 Å². The molecule has 2 N–H and O–H groups in total. The van der Waals surface area contributed by atoms with E-state index in [9.17, 15) is 14.4 Å². The molecule has 0 aliphatic carbocycles. The molecule has 0 saturated carbocycles. The van der Waals surface area contributed by atoms with E-state index in [0.717, 1.165) is 32.5 Å². The normalized spacial score (nSPS) is 17.8. The molecule has 0 radical (unpaired) electrons. The third-order valence-corrected chi connectivity index (χ3v) is 4.76. The minimum Gasteiger partial charge on any atom is -0.351 e. The number of carbonyl (C=O) groups excluding carboxylic acids is 1. The molecular formula is C19H24N4O3. The molecule has 1 aromatic carbocycles. The fourth-order valence-electron chi connectivity index (χ4n) is 3.36. The van der Waals surface area contributed by atoms with Crippen molar-refractivity contribution in [3.05, 3.63) is 68.5 Å². The van der Waals surface area contributed by atoms with Crippen molar-refractivity contribution in [3.8, 4) is 0 Å². The second-order valence-corrected chi connectivity index (χ2v) is 6.85. The molecule has 0 unspecified atom stereocenters. The Hall–Kier alpha value is -2.67. The summed E-state index contributed by atoms with van der Waals surface area (Å²) in [6, 6.07) is 10.3. The van der Waals surface area contributed by atoms with E-state index in [4.69, 9.17) is 0 Å². The second-order valence-electron chi connectivity index (χ2n) is 6.85. The van der Waals surface area contributed by atoms with E-state index in [0.29, 0.717) is 12.5 Å². The predicted octanol–water partition coefficient (Wildman–Crippen LogP) is 0.716. The summed E-state index contributed by atoms with van der Waals surface area (Å²) in [5, 5.41) is 2.84. The lowest BCUT2D eigenvalue weighted by atomic mass is 9.97. The highest BCUT2D eigenvalue weighted by molar-refractivity contribution is 5.93. The Labute approximate surface area is 151 Å². The number of aryl methyl sites for hydroxylation is 1. The summed E-state index contributed by atoms with van der Waals surface area (Å²) < 4.78 is 1.19. The van der Waals surface area contributed by atoms with Gasteiger partial charge in [0.05, 0.1) is 0 Å². The van der Waals surface area contributed by atoms with Crippen LogP contribution >= 0.6 is 0 Å². The van der Waals surface area contributed by atoms with Crippen LogP contribution in [0, 0.1) is 5.92 Å². The van der Waals surface area contributed by atoms with Gasteiger partial charge >= 0.3 is 5.69 Å². The first-order chi connectivity index (χ1) is 12.5. The molecule has 2 aromatic rings. The maximum absolute atomic E-state index is 12.3. The fourth-order valence-corrected chi connectivity index (χ4v) is 3.36. The fraction of sp³-hybridized carbons (Fsp3) is 0.421. The Bertz CT molecular complexity index is 872. The Kier molecular flexibility index (Phi) is 5.68. The van der Waals surface area contributed by atoms with Crippen LogP contribution in [0.2, 0.25) is 0 Å². The van der Waals surface area contributed by atoms with E-state index in [1.807, 2.05) is 18.2 Å². The summed E-state index contributed by atoms with van der Waals surface area (Å²) in [7, 11) is 1.50. The van der Waals surface area contributed by atoms with Crippen LogP contribution < -0.4 is 16.6 Å². The first-order valence-electron chi connectivity index (χ1n) is 8.87. The van der Waals surface area contributed by atoms with Crippen LogP contribution in [0.1, 0.15) is 28.8 Å². The molecule has 1 saturated heterocycles. The van der Waals surface area contributed by atoms with Crippen molar-refractivity contribution >= 4 is 5.91 Å². The molecule has 1 aliphatic rings. The van der Waals surface area contributed by atoms with Gasteiger partial charge in [-0.3, -0.25) is 19.5 Å². The van der Waals surface area contributed by atoms with Gasteiger partial charge in [0, 0.05) is 32.9 Å². The van der Waals surface area contributed by atoms with Gasteiger partial charge in [-0.25, -0.2) is 4.79 Å². The van der Waals surface area contributed by atoms with Gasteiger partial charge in [0.1, 0.15) is 5.56 Å². The summed E-state index contributed by atoms with van der Waals surface area (Å²) in [4.78, 5) is 40.0. The Morgan fingerprint density at radius 2 is 2.04 bits per heavy atom. The van der Waals surface area contributed by atoms with Gasteiger partial charge in [0.2, 0.25) is 0 Å². The maximum Gasteiger partial charge on any atom is 0.328 e. The van der Waals surface area contributed by atoms with Crippen molar-refractivity contribution in [2.45, 2.75) is 19.4 Å². The zero-order valence-corrected chi connectivity index (χ0v) is 14.9. The lowest BCUT2D eigenvalue weighted by molar-refractivity contribution is 0.0928. The average molecular weight is 356 g/mol. The quantitative estimate of drug-likeness (QED) is 0.826. The smallest absolute Gasteiger partial charge is 0.328 e. The van der Waals surface area contributed by atoms with Crippen LogP contribution in [0.5, 0.6) is 0 Å². The SMILES string of the molecule is Cn1cc(C(=O)NC[C@@H]2CCCN(Cc3ccccc3)C2)c(=O)[nH]c1=O. The molecule has 1 atom stereocenters. The lowest BCUT2D eigenvalue weighted by Crippen LogP contribution is -2.42. The molecule has 1 amide bonds. The predicted molar refractivity (Wildman–Crippen MR) is 99.1 cm³/mol. The van der Waals surface area contributed by atoms with Crippen molar-refractivity contribution in [2.75, 3.05) is 19.6 Å². The summed E-state index contributed by atoms with van der Waals surface area (Å²) in [6.07, 6.45) is 3.42. The summed E-state index contributed by atoms with van der Waals surface area (Å²) >= 11 is 0. The van der Waals surface area contributed by atoms with Crippen molar-refractivity contribution in [1.29, 1.82) is 0 Å². The van der Waals surface area contributed by atoms with Crippen molar-refractivity contribution in [3.63, 3.8) is 0 Å². The number of amides is 1. The average Bonchev–Trinajstić information content (AvgIpc) is 2.64. The van der Waals surface area contributed by atoms with Gasteiger partial charge in [0.15, 0.2) is 0 Å². The molecule has 7 heteroatoms. The first-order valence-corrected chi connectivity index (χ1v) is 8.87. The number of benzene rings is 1. The zero-order valence-electron chi connectivity index (χ0n) is 14.9. The largest absolute Gasteiger partial charge is 0.351 e. The number of hydrogen-bond donors (Lipinski definition) is 2. The number of aromatic nitrogens is 2. The number of nitrogens with one attached hydrogen (secondary N) is 2. The molecule has 1 fully saturated rings. The molecule has 26 heavy (non-hydrogen) atoms. The highest BCUT2D eigenvalue weighted by Crippen LogP contribution is 2.18. The Morgan fingerprint density at radius 1 is 1.27 bits per heavy atom. The van der Waals surface area contributed by atoms with E-state index in [-0.39, 0.29) is 5.56 Å². The van der Waals surface area contributed by atoms with Crippen LogP contribution in [0.3, 0.4) is 0 Å². The van der Waals surface area contributed by atoms with Crippen LogP contribution in [0.25, 0.3) is 0 Å². The van der Waals surface area contributed by atoms with Crippen molar-refractivity contribution in [2.24, 2.45) is 13.0 Å². The third kappa shape index (κ3) is 4.49. The van der Waals surface area contributed by atoms with Crippen LogP contribution in [0.15, 0.2) is 46.1 Å². The van der Waals surface area contributed by atoms with Gasteiger partial charge in [-0.15, -0.1) is 0 Å². The highest BCUT2D eigenvalue weighted by Gasteiger charge is 2.21.